The number of aliphatic hydroxyl groups excluding tert-OH is 1. The molecule has 2 aromatic carbocycles. The lowest BCUT2D eigenvalue weighted by Gasteiger charge is -2.15. The van der Waals surface area contributed by atoms with E-state index >= 15 is 0 Å². The van der Waals surface area contributed by atoms with E-state index in [1.807, 2.05) is 30.3 Å². The van der Waals surface area contributed by atoms with Crippen LogP contribution in [0.5, 0.6) is 0 Å². The smallest absolute Gasteiger partial charge is 0.327 e. The van der Waals surface area contributed by atoms with Gasteiger partial charge >= 0.3 is 5.97 Å². The number of carbonyl (C=O) groups excluding carboxylic acids is 2. The minimum absolute atomic E-state index is 0.0781. The summed E-state index contributed by atoms with van der Waals surface area (Å²) < 4.78 is 32.2. The van der Waals surface area contributed by atoms with Crippen LogP contribution in [-0.4, -0.2) is 51.2 Å². The van der Waals surface area contributed by atoms with Crippen molar-refractivity contribution in [3.63, 3.8) is 0 Å². The summed E-state index contributed by atoms with van der Waals surface area (Å²) in [6.45, 7) is -1.03. The van der Waals surface area contributed by atoms with Gasteiger partial charge in [0, 0.05) is 11.0 Å². The van der Waals surface area contributed by atoms with Gasteiger partial charge in [-0.25, -0.2) is 8.42 Å². The molecule has 0 saturated carbocycles. The minimum Gasteiger partial charge on any atom is -0.454 e. The topological polar surface area (TPSA) is 122 Å². The molecule has 0 aliphatic heterocycles. The minimum atomic E-state index is -4.05. The second-order valence-electron chi connectivity index (χ2n) is 6.00. The maximum atomic E-state index is 12.3. The van der Waals surface area contributed by atoms with E-state index in [2.05, 4.69) is 26.0 Å². The van der Waals surface area contributed by atoms with Crippen LogP contribution in [0.4, 0.5) is 0 Å². The van der Waals surface area contributed by atoms with E-state index in [9.17, 15) is 23.1 Å². The number of amides is 1. The van der Waals surface area contributed by atoms with E-state index < -0.39 is 41.2 Å². The van der Waals surface area contributed by atoms with Gasteiger partial charge in [0.05, 0.1) is 11.5 Å². The van der Waals surface area contributed by atoms with Crippen LogP contribution in [0.2, 0.25) is 0 Å². The standard InChI is InChI=1S/C19H21BrN2O6S/c20-15-6-8-16(9-7-15)29(26,27)22-17(12-23)19(25)28-13-18(24)21-11-10-14-4-2-1-3-5-14/h1-9,17,22-23H,10-13H2,(H,21,24). The Labute approximate surface area is 177 Å². The Morgan fingerprint density at radius 2 is 1.72 bits per heavy atom. The number of benzene rings is 2. The van der Waals surface area contributed by atoms with Gasteiger partial charge in [0.1, 0.15) is 6.04 Å². The number of esters is 1. The second-order valence-corrected chi connectivity index (χ2v) is 8.63. The quantitative estimate of drug-likeness (QED) is 0.432. The number of rotatable bonds is 10. The summed E-state index contributed by atoms with van der Waals surface area (Å²) in [5.74, 6) is -1.58. The number of hydrogen-bond donors (Lipinski definition) is 3. The maximum absolute atomic E-state index is 12.3. The molecule has 0 spiro atoms. The fraction of sp³-hybridized carbons (Fsp3) is 0.263. The summed E-state index contributed by atoms with van der Waals surface area (Å²) in [4.78, 5) is 23.8. The van der Waals surface area contributed by atoms with Crippen LogP contribution >= 0.6 is 15.9 Å². The van der Waals surface area contributed by atoms with Gasteiger partial charge in [-0.3, -0.25) is 9.59 Å². The number of hydrogen-bond acceptors (Lipinski definition) is 6. The molecular weight excluding hydrogens is 464 g/mol. The third-order valence-electron chi connectivity index (χ3n) is 3.81. The number of halogens is 1. The van der Waals surface area contributed by atoms with Crippen LogP contribution in [0.1, 0.15) is 5.56 Å². The Kier molecular flexibility index (Phi) is 8.77. The van der Waals surface area contributed by atoms with Crippen LogP contribution in [0, 0.1) is 0 Å². The molecule has 0 bridgehead atoms. The van der Waals surface area contributed by atoms with Crippen LogP contribution < -0.4 is 10.0 Å². The molecule has 0 heterocycles. The van der Waals surface area contributed by atoms with Crippen molar-refractivity contribution in [1.29, 1.82) is 0 Å². The molecule has 8 nitrogen and oxygen atoms in total. The van der Waals surface area contributed by atoms with Crippen molar-refractivity contribution < 1.29 is 27.9 Å². The lowest BCUT2D eigenvalue weighted by atomic mass is 10.1. The average Bonchev–Trinajstić information content (AvgIpc) is 2.71. The zero-order valence-electron chi connectivity index (χ0n) is 15.4. The number of aliphatic hydroxyl groups is 1. The molecule has 1 unspecified atom stereocenters. The fourth-order valence-corrected chi connectivity index (χ4v) is 3.75. The Balaban J connectivity index is 1.81. The van der Waals surface area contributed by atoms with Crippen molar-refractivity contribution in [2.45, 2.75) is 17.4 Å². The van der Waals surface area contributed by atoms with Crippen molar-refractivity contribution in [2.24, 2.45) is 0 Å². The largest absolute Gasteiger partial charge is 0.454 e. The van der Waals surface area contributed by atoms with Gasteiger partial charge in [-0.15, -0.1) is 0 Å². The van der Waals surface area contributed by atoms with Crippen molar-refractivity contribution in [3.8, 4) is 0 Å². The molecule has 0 saturated heterocycles. The van der Waals surface area contributed by atoms with E-state index in [1.54, 1.807) is 0 Å². The monoisotopic (exact) mass is 484 g/mol. The first-order valence-corrected chi connectivity index (χ1v) is 11.0. The lowest BCUT2D eigenvalue weighted by molar-refractivity contribution is -0.151. The van der Waals surface area contributed by atoms with Crippen molar-refractivity contribution in [1.82, 2.24) is 10.0 Å². The first-order valence-electron chi connectivity index (χ1n) is 8.68. The van der Waals surface area contributed by atoms with Gasteiger partial charge in [0.2, 0.25) is 10.0 Å². The highest BCUT2D eigenvalue weighted by Gasteiger charge is 2.26. The molecular formula is C19H21BrN2O6S. The predicted molar refractivity (Wildman–Crippen MR) is 109 cm³/mol. The first kappa shape index (κ1) is 23.0. The molecule has 2 rings (SSSR count). The Morgan fingerprint density at radius 1 is 1.07 bits per heavy atom. The highest BCUT2D eigenvalue weighted by atomic mass is 79.9. The molecule has 10 heteroatoms. The third kappa shape index (κ3) is 7.58. The summed E-state index contributed by atoms with van der Waals surface area (Å²) in [7, 11) is -4.05. The molecule has 0 aliphatic carbocycles. The van der Waals surface area contributed by atoms with Gasteiger partial charge in [0.15, 0.2) is 6.61 Å². The maximum Gasteiger partial charge on any atom is 0.327 e. The summed E-state index contributed by atoms with van der Waals surface area (Å²) in [5, 5.41) is 11.9. The van der Waals surface area contributed by atoms with Crippen LogP contribution in [0.15, 0.2) is 64.0 Å². The number of carbonyl (C=O) groups is 2. The zero-order valence-corrected chi connectivity index (χ0v) is 17.8. The zero-order chi connectivity index (χ0) is 21.3. The number of sulfonamides is 1. The van der Waals surface area contributed by atoms with Crippen molar-refractivity contribution >= 4 is 37.8 Å². The highest BCUT2D eigenvalue weighted by molar-refractivity contribution is 9.10. The Morgan fingerprint density at radius 3 is 2.34 bits per heavy atom. The molecule has 0 aromatic heterocycles. The van der Waals surface area contributed by atoms with Crippen LogP contribution in [0.3, 0.4) is 0 Å². The van der Waals surface area contributed by atoms with Gasteiger partial charge in [-0.2, -0.15) is 4.72 Å². The number of ether oxygens (including phenoxy) is 1. The summed E-state index contributed by atoms with van der Waals surface area (Å²) in [6, 6.07) is 13.7. The molecule has 3 N–H and O–H groups in total. The average molecular weight is 485 g/mol. The lowest BCUT2D eigenvalue weighted by Crippen LogP contribution is -2.45. The molecule has 0 aliphatic rings. The Bertz CT molecular complexity index is 919. The molecule has 156 valence electrons. The van der Waals surface area contributed by atoms with Gasteiger partial charge < -0.3 is 15.2 Å². The molecule has 1 amide bonds. The summed E-state index contributed by atoms with van der Waals surface area (Å²) >= 11 is 3.20. The second kappa shape index (κ2) is 11.1. The molecule has 0 radical (unpaired) electrons. The number of nitrogens with one attached hydrogen (secondary N) is 2. The van der Waals surface area contributed by atoms with Crippen LogP contribution in [-0.2, 0) is 30.8 Å². The van der Waals surface area contributed by atoms with E-state index in [1.165, 1.54) is 24.3 Å². The normalized spacial score (nSPS) is 12.2. The SMILES string of the molecule is O=C(COC(=O)C(CO)NS(=O)(=O)c1ccc(Br)cc1)NCCc1ccccc1. The van der Waals surface area contributed by atoms with E-state index in [4.69, 9.17) is 4.74 Å². The van der Waals surface area contributed by atoms with Gasteiger partial charge in [0.25, 0.3) is 5.91 Å². The first-order chi connectivity index (χ1) is 13.8. The third-order valence-corrected chi connectivity index (χ3v) is 5.83. The highest BCUT2D eigenvalue weighted by Crippen LogP contribution is 2.15. The van der Waals surface area contributed by atoms with Gasteiger partial charge in [-0.05, 0) is 36.2 Å². The molecule has 1 atom stereocenters. The molecule has 29 heavy (non-hydrogen) atoms. The molecule has 2 aromatic rings. The Hall–Kier alpha value is -2.27. The molecule has 0 fully saturated rings. The van der Waals surface area contributed by atoms with E-state index in [-0.39, 0.29) is 4.90 Å². The summed E-state index contributed by atoms with van der Waals surface area (Å²) in [5.41, 5.74) is 1.05. The van der Waals surface area contributed by atoms with Crippen LogP contribution in [0.25, 0.3) is 0 Å². The predicted octanol–water partition coefficient (Wildman–Crippen LogP) is 0.990. The van der Waals surface area contributed by atoms with Gasteiger partial charge in [-0.1, -0.05) is 46.3 Å². The fourth-order valence-electron chi connectivity index (χ4n) is 2.31. The summed E-state index contributed by atoms with van der Waals surface area (Å²) in [6.07, 6.45) is 0.618. The van der Waals surface area contributed by atoms with Crippen molar-refractivity contribution in [2.75, 3.05) is 19.8 Å². The van der Waals surface area contributed by atoms with E-state index in [0.29, 0.717) is 17.4 Å². The van der Waals surface area contributed by atoms with Crippen molar-refractivity contribution in [3.05, 3.63) is 64.6 Å². The van der Waals surface area contributed by atoms with E-state index in [0.717, 1.165) is 5.56 Å².